The molecule has 8 nitrogen and oxygen atoms in total. The van der Waals surface area contributed by atoms with Crippen LogP contribution < -0.4 is 10.6 Å². The van der Waals surface area contributed by atoms with E-state index in [0.717, 1.165) is 27.9 Å². The molecule has 0 saturated carbocycles. The van der Waals surface area contributed by atoms with E-state index in [1.54, 1.807) is 11.2 Å². The highest BCUT2D eigenvalue weighted by Crippen LogP contribution is 2.32. The number of rotatable bonds is 6. The number of benzene rings is 2. The molecule has 0 bridgehead atoms. The molecule has 4 heterocycles. The Kier molecular flexibility index (Phi) is 5.84. The molecule has 2 aliphatic rings. The van der Waals surface area contributed by atoms with Gasteiger partial charge in [0.2, 0.25) is 11.8 Å². The fraction of sp³-hybridized carbons (Fsp3) is 0.267. The number of hydrogen-bond acceptors (Lipinski definition) is 5. The summed E-state index contributed by atoms with van der Waals surface area (Å²) in [5.74, 6) is -0.861. The number of imidazole rings is 1. The fourth-order valence-corrected chi connectivity index (χ4v) is 5.43. The average Bonchev–Trinajstić information content (AvgIpc) is 3.52. The van der Waals surface area contributed by atoms with Gasteiger partial charge in [-0.3, -0.25) is 24.1 Å². The summed E-state index contributed by atoms with van der Waals surface area (Å²) in [5, 5.41) is 6.04. The number of fused-ring (bicyclic) bond motifs is 2. The zero-order valence-corrected chi connectivity index (χ0v) is 21.4. The molecule has 2 aromatic heterocycles. The number of nitrogens with zero attached hydrogens (tertiary/aromatic N) is 3. The number of amides is 3. The smallest absolute Gasteiger partial charge is 0.255 e. The highest BCUT2D eigenvalue weighted by Gasteiger charge is 2.39. The van der Waals surface area contributed by atoms with Gasteiger partial charge in [-0.2, -0.15) is 0 Å². The van der Waals surface area contributed by atoms with Gasteiger partial charge in [-0.15, -0.1) is 0 Å². The molecule has 1 fully saturated rings. The third-order valence-corrected chi connectivity index (χ3v) is 7.63. The van der Waals surface area contributed by atoms with Crippen molar-refractivity contribution in [3.63, 3.8) is 0 Å². The lowest BCUT2D eigenvalue weighted by molar-refractivity contribution is -0.136. The molecule has 192 valence electrons. The Morgan fingerprint density at radius 1 is 1.05 bits per heavy atom. The van der Waals surface area contributed by atoms with Crippen LogP contribution in [0.4, 0.5) is 0 Å². The lowest BCUT2D eigenvalue weighted by atomic mass is 9.94. The van der Waals surface area contributed by atoms with Gasteiger partial charge in [-0.1, -0.05) is 36.4 Å². The van der Waals surface area contributed by atoms with E-state index in [9.17, 15) is 14.4 Å². The molecule has 8 heteroatoms. The van der Waals surface area contributed by atoms with Crippen molar-refractivity contribution >= 4 is 23.2 Å². The van der Waals surface area contributed by atoms with Gasteiger partial charge in [0.1, 0.15) is 6.04 Å². The van der Waals surface area contributed by atoms with Crippen LogP contribution in [0.15, 0.2) is 73.2 Å². The number of aromatic nitrogens is 2. The molecule has 0 radical (unpaired) electrons. The number of carbonyl (C=O) groups excluding carboxylic acids is 3. The topological polar surface area (TPSA) is 95.8 Å². The second-order valence-electron chi connectivity index (χ2n) is 10.6. The Morgan fingerprint density at radius 3 is 2.66 bits per heavy atom. The monoisotopic (exact) mass is 507 g/mol. The minimum absolute atomic E-state index is 0.171. The van der Waals surface area contributed by atoms with Gasteiger partial charge in [0.05, 0.1) is 23.7 Å². The van der Waals surface area contributed by atoms with E-state index in [-0.39, 0.29) is 23.8 Å². The van der Waals surface area contributed by atoms with Crippen LogP contribution in [0, 0.1) is 0 Å². The fourth-order valence-electron chi connectivity index (χ4n) is 5.43. The van der Waals surface area contributed by atoms with E-state index in [1.165, 1.54) is 5.56 Å². The molecular weight excluding hydrogens is 478 g/mol. The summed E-state index contributed by atoms with van der Waals surface area (Å²) >= 11 is 0. The minimum atomic E-state index is -0.626. The minimum Gasteiger partial charge on any atom is -0.322 e. The van der Waals surface area contributed by atoms with E-state index in [1.807, 2.05) is 34.9 Å². The van der Waals surface area contributed by atoms with Crippen molar-refractivity contribution in [1.29, 1.82) is 0 Å². The largest absolute Gasteiger partial charge is 0.322 e. The van der Waals surface area contributed by atoms with Crippen molar-refractivity contribution < 1.29 is 14.4 Å². The highest BCUT2D eigenvalue weighted by atomic mass is 16.2. The van der Waals surface area contributed by atoms with Crippen LogP contribution in [-0.2, 0) is 28.2 Å². The SMILES string of the molecule is CC(C)(NCc1cc(-c2ccc3c(c2)CN(C2CCC(=O)NC2=O)C3=O)n2cncc2c1)c1ccccc1. The van der Waals surface area contributed by atoms with Gasteiger partial charge in [-0.05, 0) is 66.8 Å². The van der Waals surface area contributed by atoms with Crippen LogP contribution >= 0.6 is 0 Å². The quantitative estimate of drug-likeness (QED) is 0.387. The van der Waals surface area contributed by atoms with Gasteiger partial charge in [0.15, 0.2) is 0 Å². The molecule has 1 atom stereocenters. The molecule has 1 saturated heterocycles. The molecule has 2 aromatic carbocycles. The number of carbonyl (C=O) groups is 3. The lowest BCUT2D eigenvalue weighted by Crippen LogP contribution is -2.52. The molecule has 38 heavy (non-hydrogen) atoms. The summed E-state index contributed by atoms with van der Waals surface area (Å²) in [4.78, 5) is 43.1. The van der Waals surface area contributed by atoms with E-state index < -0.39 is 11.9 Å². The Balaban J connectivity index is 1.29. The van der Waals surface area contributed by atoms with Crippen LogP contribution in [0.2, 0.25) is 0 Å². The summed E-state index contributed by atoms with van der Waals surface area (Å²) in [7, 11) is 0. The maximum atomic E-state index is 13.1. The number of piperidine rings is 1. The van der Waals surface area contributed by atoms with Gasteiger partial charge < -0.3 is 10.2 Å². The molecule has 6 rings (SSSR count). The first-order valence-electron chi connectivity index (χ1n) is 12.8. The summed E-state index contributed by atoms with van der Waals surface area (Å²) in [6.45, 7) is 5.36. The van der Waals surface area contributed by atoms with Gasteiger partial charge in [0.25, 0.3) is 5.91 Å². The molecule has 2 N–H and O–H groups in total. The van der Waals surface area contributed by atoms with Crippen molar-refractivity contribution in [2.75, 3.05) is 0 Å². The predicted molar refractivity (Wildman–Crippen MR) is 143 cm³/mol. The Morgan fingerprint density at radius 2 is 1.87 bits per heavy atom. The van der Waals surface area contributed by atoms with Crippen LogP contribution in [0.5, 0.6) is 0 Å². The second kappa shape index (κ2) is 9.22. The first-order chi connectivity index (χ1) is 18.3. The highest BCUT2D eigenvalue weighted by molar-refractivity contribution is 6.05. The number of imide groups is 1. The molecule has 4 aromatic rings. The van der Waals surface area contributed by atoms with E-state index in [0.29, 0.717) is 25.1 Å². The summed E-state index contributed by atoms with van der Waals surface area (Å²) in [6, 6.07) is 19.8. The van der Waals surface area contributed by atoms with E-state index in [2.05, 4.69) is 65.9 Å². The number of pyridine rings is 1. The Labute approximate surface area is 220 Å². The number of hydrogen-bond donors (Lipinski definition) is 2. The molecule has 1 unspecified atom stereocenters. The van der Waals surface area contributed by atoms with Gasteiger partial charge in [-0.25, -0.2) is 4.98 Å². The van der Waals surface area contributed by atoms with Crippen LogP contribution in [0.3, 0.4) is 0 Å². The molecule has 0 spiro atoms. The van der Waals surface area contributed by atoms with Crippen LogP contribution in [0.25, 0.3) is 16.8 Å². The van der Waals surface area contributed by atoms with E-state index >= 15 is 0 Å². The Hall–Kier alpha value is -4.30. The lowest BCUT2D eigenvalue weighted by Gasteiger charge is -2.29. The van der Waals surface area contributed by atoms with Crippen molar-refractivity contribution in [3.8, 4) is 11.3 Å². The predicted octanol–water partition coefficient (Wildman–Crippen LogP) is 3.79. The molecule has 2 aliphatic heterocycles. The van der Waals surface area contributed by atoms with Crippen molar-refractivity contribution in [3.05, 3.63) is 95.4 Å². The second-order valence-corrected chi connectivity index (χ2v) is 10.6. The number of nitrogens with one attached hydrogen (secondary N) is 2. The van der Waals surface area contributed by atoms with Gasteiger partial charge in [0, 0.05) is 30.6 Å². The van der Waals surface area contributed by atoms with E-state index in [4.69, 9.17) is 0 Å². The zero-order valence-electron chi connectivity index (χ0n) is 21.4. The van der Waals surface area contributed by atoms with Crippen molar-refractivity contribution in [2.45, 2.75) is 51.4 Å². The maximum Gasteiger partial charge on any atom is 0.255 e. The van der Waals surface area contributed by atoms with Crippen LogP contribution in [0.1, 0.15) is 53.7 Å². The third-order valence-electron chi connectivity index (χ3n) is 7.63. The molecular formula is C30H29N5O3. The average molecular weight is 508 g/mol. The summed E-state index contributed by atoms with van der Waals surface area (Å²) < 4.78 is 2.04. The normalized spacial score (nSPS) is 17.7. The third kappa shape index (κ3) is 4.26. The van der Waals surface area contributed by atoms with Crippen molar-refractivity contribution in [2.24, 2.45) is 0 Å². The molecule has 3 amide bonds. The summed E-state index contributed by atoms with van der Waals surface area (Å²) in [5.41, 5.74) is 6.54. The van der Waals surface area contributed by atoms with Gasteiger partial charge >= 0.3 is 0 Å². The first-order valence-corrected chi connectivity index (χ1v) is 12.8. The summed E-state index contributed by atoms with van der Waals surface area (Å²) in [6.07, 6.45) is 4.23. The van der Waals surface area contributed by atoms with Crippen LogP contribution in [-0.4, -0.2) is 38.0 Å². The maximum absolute atomic E-state index is 13.1. The zero-order chi connectivity index (χ0) is 26.4. The first kappa shape index (κ1) is 24.1. The molecule has 0 aliphatic carbocycles. The Bertz CT molecular complexity index is 1570. The van der Waals surface area contributed by atoms with Crippen molar-refractivity contribution in [1.82, 2.24) is 24.9 Å². The standard InChI is InChI=1S/C30H29N5O3/c1-30(2,22-6-4-3-5-7-22)32-15-19-12-23-16-31-18-35(23)26(13-19)20-8-9-24-21(14-20)17-34(29(24)38)25-10-11-27(36)33-28(25)37/h3-9,12-14,16,18,25,32H,10-11,15,17H2,1-2H3,(H,33,36,37).